The van der Waals surface area contributed by atoms with Gasteiger partial charge in [0, 0.05) is 23.5 Å². The molecule has 0 bridgehead atoms. The van der Waals surface area contributed by atoms with Crippen molar-refractivity contribution in [2.45, 2.75) is 25.4 Å². The van der Waals surface area contributed by atoms with Gasteiger partial charge in [0.2, 0.25) is 0 Å². The lowest BCUT2D eigenvalue weighted by Crippen LogP contribution is -2.41. The first-order chi connectivity index (χ1) is 18.5. The Morgan fingerprint density at radius 2 is 1.37 bits per heavy atom. The van der Waals surface area contributed by atoms with Gasteiger partial charge in [0.15, 0.2) is 0 Å². The molecule has 5 rings (SSSR count). The third kappa shape index (κ3) is 5.30. The summed E-state index contributed by atoms with van der Waals surface area (Å²) in [6.07, 6.45) is 0.441. The smallest absolute Gasteiger partial charge is 0.338 e. The Labute approximate surface area is 221 Å². The van der Waals surface area contributed by atoms with E-state index in [0.29, 0.717) is 23.4 Å². The zero-order valence-electron chi connectivity index (χ0n) is 21.0. The van der Waals surface area contributed by atoms with Crippen molar-refractivity contribution in [3.05, 3.63) is 143 Å². The van der Waals surface area contributed by atoms with Crippen molar-refractivity contribution in [1.82, 2.24) is 0 Å². The third-order valence-corrected chi connectivity index (χ3v) is 6.67. The van der Waals surface area contributed by atoms with E-state index in [1.807, 2.05) is 60.7 Å². The van der Waals surface area contributed by atoms with E-state index >= 15 is 0 Å². The van der Waals surface area contributed by atoms with Crippen LogP contribution in [0.5, 0.6) is 0 Å². The van der Waals surface area contributed by atoms with Crippen molar-refractivity contribution in [3.8, 4) is 0 Å². The second-order valence-corrected chi connectivity index (χ2v) is 9.07. The van der Waals surface area contributed by atoms with Crippen LogP contribution in [-0.4, -0.2) is 12.6 Å². The van der Waals surface area contributed by atoms with Crippen molar-refractivity contribution >= 4 is 17.3 Å². The van der Waals surface area contributed by atoms with Crippen LogP contribution in [0.1, 0.15) is 36.6 Å². The first-order valence-corrected chi connectivity index (χ1v) is 12.6. The molecule has 4 aromatic carbocycles. The molecule has 1 N–H and O–H groups in total. The van der Waals surface area contributed by atoms with Crippen LogP contribution in [0.2, 0.25) is 0 Å². The van der Waals surface area contributed by atoms with Gasteiger partial charge >= 0.3 is 5.97 Å². The summed E-state index contributed by atoms with van der Waals surface area (Å²) in [6, 6.07) is 31.4. The molecule has 1 aliphatic rings. The number of nitrogens with one attached hydrogen (secondary N) is 1. The van der Waals surface area contributed by atoms with Crippen molar-refractivity contribution < 1.29 is 18.3 Å². The minimum absolute atomic E-state index is 0.201. The number of esters is 1. The summed E-state index contributed by atoms with van der Waals surface area (Å²) in [5.41, 5.74) is 4.52. The maximum Gasteiger partial charge on any atom is 0.338 e. The molecule has 1 aliphatic heterocycles. The minimum Gasteiger partial charge on any atom is -0.463 e. The molecule has 0 aromatic heterocycles. The number of anilines is 2. The fourth-order valence-corrected chi connectivity index (χ4v) is 5.01. The normalized spacial score (nSPS) is 17.3. The molecule has 6 heteroatoms. The number of carbonyl (C=O) groups excluding carboxylic acids is 1. The van der Waals surface area contributed by atoms with E-state index in [4.69, 9.17) is 4.74 Å². The molecule has 4 aromatic rings. The summed E-state index contributed by atoms with van der Waals surface area (Å²) >= 11 is 0. The molecule has 0 amide bonds. The van der Waals surface area contributed by atoms with Gasteiger partial charge < -0.3 is 15.0 Å². The minimum atomic E-state index is -0.539. The van der Waals surface area contributed by atoms with E-state index in [-0.39, 0.29) is 24.3 Å². The van der Waals surface area contributed by atoms with Crippen molar-refractivity contribution in [2.24, 2.45) is 0 Å². The molecule has 0 saturated carbocycles. The summed E-state index contributed by atoms with van der Waals surface area (Å²) in [5, 5.41) is 3.40. The molecular formula is C32H28F2N2O2. The molecule has 4 nitrogen and oxygen atoms in total. The van der Waals surface area contributed by atoms with Crippen LogP contribution in [0.3, 0.4) is 0 Å². The van der Waals surface area contributed by atoms with Gasteiger partial charge in [-0.1, -0.05) is 60.7 Å². The number of carbonyl (C=O) groups is 1. The summed E-state index contributed by atoms with van der Waals surface area (Å²) in [7, 11) is 0. The van der Waals surface area contributed by atoms with E-state index in [0.717, 1.165) is 16.8 Å². The van der Waals surface area contributed by atoms with Gasteiger partial charge in [-0.15, -0.1) is 0 Å². The standard InChI is InChI=1S/C32H28F2N2O2/c1-2-38-32(37)30-28(35-26-17-13-24(33)14-18-26)21-29(22-9-5-3-6-10-22)36(27-19-15-25(34)16-20-27)31(30)23-11-7-4-8-12-23/h3-20,29,31,35H,2,21H2,1H3. The number of halogens is 2. The second-order valence-electron chi connectivity index (χ2n) is 9.07. The van der Waals surface area contributed by atoms with Crippen LogP contribution in [-0.2, 0) is 9.53 Å². The summed E-state index contributed by atoms with van der Waals surface area (Å²) in [6.45, 7) is 1.99. The van der Waals surface area contributed by atoms with Gasteiger partial charge in [0.1, 0.15) is 11.6 Å². The molecule has 2 unspecified atom stereocenters. The average molecular weight is 511 g/mol. The van der Waals surface area contributed by atoms with E-state index in [1.165, 1.54) is 24.3 Å². The maximum atomic E-state index is 14.0. The van der Waals surface area contributed by atoms with Gasteiger partial charge in [0.05, 0.1) is 24.3 Å². The quantitative estimate of drug-likeness (QED) is 0.260. The average Bonchev–Trinajstić information content (AvgIpc) is 2.95. The Morgan fingerprint density at radius 3 is 1.95 bits per heavy atom. The lowest BCUT2D eigenvalue weighted by Gasteiger charge is -2.46. The predicted molar refractivity (Wildman–Crippen MR) is 146 cm³/mol. The lowest BCUT2D eigenvalue weighted by atomic mass is 9.84. The van der Waals surface area contributed by atoms with Crippen LogP contribution < -0.4 is 10.2 Å². The van der Waals surface area contributed by atoms with E-state index < -0.39 is 12.0 Å². The van der Waals surface area contributed by atoms with Crippen LogP contribution in [0.15, 0.2) is 120 Å². The summed E-state index contributed by atoms with van der Waals surface area (Å²) in [5.74, 6) is -1.12. The van der Waals surface area contributed by atoms with E-state index in [1.54, 1.807) is 31.2 Å². The first-order valence-electron chi connectivity index (χ1n) is 12.6. The van der Waals surface area contributed by atoms with Crippen LogP contribution in [0.25, 0.3) is 0 Å². The Kier molecular flexibility index (Phi) is 7.50. The van der Waals surface area contributed by atoms with Crippen molar-refractivity contribution in [3.63, 3.8) is 0 Å². The number of nitrogens with zero attached hydrogens (tertiary/aromatic N) is 1. The monoisotopic (exact) mass is 510 g/mol. The highest BCUT2D eigenvalue weighted by Crippen LogP contribution is 2.48. The molecule has 0 fully saturated rings. The molecular weight excluding hydrogens is 482 g/mol. The Hall–Kier alpha value is -4.45. The zero-order chi connectivity index (χ0) is 26.5. The molecule has 1 heterocycles. The highest BCUT2D eigenvalue weighted by molar-refractivity contribution is 5.93. The van der Waals surface area contributed by atoms with Crippen LogP contribution in [0, 0.1) is 11.6 Å². The molecule has 0 aliphatic carbocycles. The second kappa shape index (κ2) is 11.3. The predicted octanol–water partition coefficient (Wildman–Crippen LogP) is 7.59. The number of hydrogen-bond acceptors (Lipinski definition) is 4. The van der Waals surface area contributed by atoms with Gasteiger partial charge in [-0.2, -0.15) is 0 Å². The highest BCUT2D eigenvalue weighted by Gasteiger charge is 2.41. The van der Waals surface area contributed by atoms with E-state index in [2.05, 4.69) is 10.2 Å². The number of rotatable bonds is 7. The fourth-order valence-electron chi connectivity index (χ4n) is 5.01. The van der Waals surface area contributed by atoms with E-state index in [9.17, 15) is 13.6 Å². The van der Waals surface area contributed by atoms with Crippen LogP contribution in [0.4, 0.5) is 20.2 Å². The number of ether oxygens (including phenoxy) is 1. The number of hydrogen-bond donors (Lipinski definition) is 1. The fraction of sp³-hybridized carbons (Fsp3) is 0.156. The lowest BCUT2D eigenvalue weighted by molar-refractivity contribution is -0.139. The van der Waals surface area contributed by atoms with Crippen molar-refractivity contribution in [1.29, 1.82) is 0 Å². The van der Waals surface area contributed by atoms with Gasteiger partial charge in [-0.05, 0) is 66.6 Å². The Bertz CT molecular complexity index is 1410. The Balaban J connectivity index is 1.76. The topological polar surface area (TPSA) is 41.6 Å². The summed E-state index contributed by atoms with van der Waals surface area (Å²) < 4.78 is 33.2. The van der Waals surface area contributed by atoms with Crippen LogP contribution >= 0.6 is 0 Å². The summed E-state index contributed by atoms with van der Waals surface area (Å²) in [4.78, 5) is 15.8. The molecule has 38 heavy (non-hydrogen) atoms. The highest BCUT2D eigenvalue weighted by atomic mass is 19.1. The van der Waals surface area contributed by atoms with Gasteiger partial charge in [-0.25, -0.2) is 13.6 Å². The molecule has 0 radical (unpaired) electrons. The van der Waals surface area contributed by atoms with Gasteiger partial charge in [0.25, 0.3) is 0 Å². The molecule has 2 atom stereocenters. The third-order valence-electron chi connectivity index (χ3n) is 6.67. The largest absolute Gasteiger partial charge is 0.463 e. The first kappa shape index (κ1) is 25.2. The number of benzene rings is 4. The molecule has 0 spiro atoms. The molecule has 192 valence electrons. The SMILES string of the molecule is CCOC(=O)C1=C(Nc2ccc(F)cc2)CC(c2ccccc2)N(c2ccc(F)cc2)C1c1ccccc1. The Morgan fingerprint density at radius 1 is 0.816 bits per heavy atom. The zero-order valence-corrected chi connectivity index (χ0v) is 21.0. The molecule has 0 saturated heterocycles. The maximum absolute atomic E-state index is 14.0. The van der Waals surface area contributed by atoms with Crippen molar-refractivity contribution in [2.75, 3.05) is 16.8 Å². The van der Waals surface area contributed by atoms with Gasteiger partial charge in [-0.3, -0.25) is 0 Å².